The highest BCUT2D eigenvalue weighted by Crippen LogP contribution is 2.05. The molecule has 6 heteroatoms. The minimum atomic E-state index is 0. The number of aryl methyl sites for hydroxylation is 1. The lowest BCUT2D eigenvalue weighted by molar-refractivity contribution is 0.184. The van der Waals surface area contributed by atoms with Crippen LogP contribution in [0, 0.1) is 0 Å². The van der Waals surface area contributed by atoms with E-state index in [-0.39, 0.29) is 24.0 Å². The van der Waals surface area contributed by atoms with Gasteiger partial charge in [-0.2, -0.15) is 0 Å². The number of halogens is 1. The van der Waals surface area contributed by atoms with Crippen LogP contribution in [0.5, 0.6) is 0 Å². The second-order valence-corrected chi connectivity index (χ2v) is 5.14. The average Bonchev–Trinajstić information content (AvgIpc) is 2.73. The van der Waals surface area contributed by atoms with Crippen molar-refractivity contribution in [1.82, 2.24) is 19.7 Å². The zero-order valence-electron chi connectivity index (χ0n) is 12.7. The number of nitrogens with zero attached hydrogens (tertiary/aromatic N) is 4. The van der Waals surface area contributed by atoms with Crippen molar-refractivity contribution >= 4 is 29.9 Å². The Labute approximate surface area is 139 Å². The minimum absolute atomic E-state index is 0. The Hall–Kier alpha value is -0.760. The number of likely N-dealkylation sites (tertiary alicyclic amines) is 1. The molecule has 1 N–H and O–H groups in total. The van der Waals surface area contributed by atoms with Crippen LogP contribution < -0.4 is 5.32 Å². The maximum absolute atomic E-state index is 4.34. The second kappa shape index (κ2) is 8.51. The Balaban J connectivity index is 0.00000200. The van der Waals surface area contributed by atoms with E-state index in [9.17, 15) is 0 Å². The van der Waals surface area contributed by atoms with Crippen LogP contribution >= 0.6 is 24.0 Å². The van der Waals surface area contributed by atoms with Crippen molar-refractivity contribution in [2.75, 3.05) is 40.3 Å². The molecule has 1 aliphatic rings. The highest BCUT2D eigenvalue weighted by atomic mass is 127. The van der Waals surface area contributed by atoms with Gasteiger partial charge in [0.05, 0.1) is 6.54 Å². The number of nitrogens with one attached hydrogen (secondary N) is 1. The smallest absolute Gasteiger partial charge is 0.193 e. The zero-order valence-corrected chi connectivity index (χ0v) is 15.0. The summed E-state index contributed by atoms with van der Waals surface area (Å²) in [5.74, 6) is 0.960. The Morgan fingerprint density at radius 2 is 2.20 bits per heavy atom. The van der Waals surface area contributed by atoms with Crippen LogP contribution in [0.3, 0.4) is 0 Å². The van der Waals surface area contributed by atoms with E-state index in [4.69, 9.17) is 0 Å². The molecule has 114 valence electrons. The van der Waals surface area contributed by atoms with Gasteiger partial charge in [0.2, 0.25) is 0 Å². The van der Waals surface area contributed by atoms with Gasteiger partial charge < -0.3 is 19.7 Å². The van der Waals surface area contributed by atoms with Crippen molar-refractivity contribution in [3.05, 3.63) is 24.0 Å². The summed E-state index contributed by atoms with van der Waals surface area (Å²) in [4.78, 5) is 8.96. The number of rotatable bonds is 5. The summed E-state index contributed by atoms with van der Waals surface area (Å²) in [5.41, 5.74) is 1.29. The summed E-state index contributed by atoms with van der Waals surface area (Å²) in [6, 6.07) is 4.22. The molecule has 1 saturated heterocycles. The fraction of sp³-hybridized carbons (Fsp3) is 0.643. The Morgan fingerprint density at radius 1 is 1.45 bits per heavy atom. The molecular weight excluding hydrogens is 365 g/mol. The van der Waals surface area contributed by atoms with Crippen molar-refractivity contribution in [3.8, 4) is 0 Å². The molecule has 0 atom stereocenters. The number of hydrogen-bond donors (Lipinski definition) is 1. The lowest BCUT2D eigenvalue weighted by Crippen LogP contribution is -2.45. The van der Waals surface area contributed by atoms with Crippen molar-refractivity contribution in [3.63, 3.8) is 0 Å². The van der Waals surface area contributed by atoms with Crippen molar-refractivity contribution in [2.45, 2.75) is 13.0 Å². The molecule has 2 heterocycles. The van der Waals surface area contributed by atoms with Crippen LogP contribution in [0.25, 0.3) is 0 Å². The molecule has 1 fully saturated rings. The maximum atomic E-state index is 4.34. The maximum Gasteiger partial charge on any atom is 0.193 e. The molecule has 20 heavy (non-hydrogen) atoms. The SMILES string of the molecule is CN=C(NCCN1CCC1)N(C)Cc1cccn1C.I. The summed E-state index contributed by atoms with van der Waals surface area (Å²) in [6.45, 7) is 5.44. The first-order valence-electron chi connectivity index (χ1n) is 6.95. The monoisotopic (exact) mass is 391 g/mol. The summed E-state index contributed by atoms with van der Waals surface area (Å²) >= 11 is 0. The molecular formula is C14H26IN5. The molecule has 0 radical (unpaired) electrons. The van der Waals surface area contributed by atoms with Gasteiger partial charge in [0.1, 0.15) is 0 Å². The summed E-state index contributed by atoms with van der Waals surface area (Å²) < 4.78 is 2.14. The topological polar surface area (TPSA) is 35.8 Å². The molecule has 0 aromatic carbocycles. The van der Waals surface area contributed by atoms with E-state index in [0.717, 1.165) is 25.6 Å². The summed E-state index contributed by atoms with van der Waals surface area (Å²) in [5, 5.41) is 3.43. The van der Waals surface area contributed by atoms with Gasteiger partial charge in [0, 0.05) is 46.1 Å². The lowest BCUT2D eigenvalue weighted by atomic mass is 10.2. The summed E-state index contributed by atoms with van der Waals surface area (Å²) in [7, 11) is 5.99. The molecule has 0 bridgehead atoms. The predicted octanol–water partition coefficient (Wildman–Crippen LogP) is 1.36. The van der Waals surface area contributed by atoms with E-state index in [0.29, 0.717) is 0 Å². The average molecular weight is 391 g/mol. The fourth-order valence-corrected chi connectivity index (χ4v) is 2.29. The standard InChI is InChI=1S/C14H25N5.HI/c1-15-14(16-7-11-19-9-5-10-19)18(3)12-13-6-4-8-17(13)2;/h4,6,8H,5,7,9-12H2,1-3H3,(H,15,16);1H. The second-order valence-electron chi connectivity index (χ2n) is 5.14. The van der Waals surface area contributed by atoms with Crippen LogP contribution in [0.4, 0.5) is 0 Å². The first-order chi connectivity index (χ1) is 9.20. The quantitative estimate of drug-likeness (QED) is 0.468. The molecule has 0 saturated carbocycles. The third-order valence-corrected chi connectivity index (χ3v) is 3.68. The number of aromatic nitrogens is 1. The van der Waals surface area contributed by atoms with E-state index >= 15 is 0 Å². The molecule has 0 unspecified atom stereocenters. The fourth-order valence-electron chi connectivity index (χ4n) is 2.29. The van der Waals surface area contributed by atoms with Crippen LogP contribution in [-0.4, -0.2) is 60.6 Å². The van der Waals surface area contributed by atoms with E-state index in [1.54, 1.807) is 0 Å². The minimum Gasteiger partial charge on any atom is -0.355 e. The molecule has 1 aromatic heterocycles. The van der Waals surface area contributed by atoms with Gasteiger partial charge in [0.15, 0.2) is 5.96 Å². The Kier molecular flexibility index (Phi) is 7.36. The normalized spacial score (nSPS) is 15.4. The van der Waals surface area contributed by atoms with E-state index < -0.39 is 0 Å². The highest BCUT2D eigenvalue weighted by molar-refractivity contribution is 14.0. The van der Waals surface area contributed by atoms with Crippen LogP contribution in [0.15, 0.2) is 23.3 Å². The molecule has 5 nitrogen and oxygen atoms in total. The van der Waals surface area contributed by atoms with Gasteiger partial charge in [-0.15, -0.1) is 24.0 Å². The Morgan fingerprint density at radius 3 is 2.70 bits per heavy atom. The van der Waals surface area contributed by atoms with Crippen LogP contribution in [0.2, 0.25) is 0 Å². The number of guanidine groups is 1. The van der Waals surface area contributed by atoms with Gasteiger partial charge in [-0.1, -0.05) is 0 Å². The lowest BCUT2D eigenvalue weighted by Gasteiger charge is -2.31. The third kappa shape index (κ3) is 4.66. The number of hydrogen-bond acceptors (Lipinski definition) is 2. The van der Waals surface area contributed by atoms with Gasteiger partial charge in [-0.3, -0.25) is 4.99 Å². The molecule has 1 aromatic rings. The first-order valence-corrected chi connectivity index (χ1v) is 6.95. The van der Waals surface area contributed by atoms with Crippen molar-refractivity contribution < 1.29 is 0 Å². The molecule has 2 rings (SSSR count). The van der Waals surface area contributed by atoms with E-state index in [2.05, 4.69) is 57.1 Å². The summed E-state index contributed by atoms with van der Waals surface area (Å²) in [6.07, 6.45) is 3.42. The first kappa shape index (κ1) is 17.3. The van der Waals surface area contributed by atoms with Crippen LogP contribution in [-0.2, 0) is 13.6 Å². The predicted molar refractivity (Wildman–Crippen MR) is 94.7 cm³/mol. The number of aliphatic imine (C=N–C) groups is 1. The molecule has 0 spiro atoms. The largest absolute Gasteiger partial charge is 0.355 e. The highest BCUT2D eigenvalue weighted by Gasteiger charge is 2.13. The van der Waals surface area contributed by atoms with Gasteiger partial charge in [-0.05, 0) is 31.6 Å². The van der Waals surface area contributed by atoms with Gasteiger partial charge in [0.25, 0.3) is 0 Å². The zero-order chi connectivity index (χ0) is 13.7. The third-order valence-electron chi connectivity index (χ3n) is 3.68. The van der Waals surface area contributed by atoms with Crippen molar-refractivity contribution in [1.29, 1.82) is 0 Å². The van der Waals surface area contributed by atoms with E-state index in [1.807, 2.05) is 7.05 Å². The van der Waals surface area contributed by atoms with Crippen LogP contribution in [0.1, 0.15) is 12.1 Å². The van der Waals surface area contributed by atoms with Gasteiger partial charge in [-0.25, -0.2) is 0 Å². The molecule has 0 aliphatic carbocycles. The van der Waals surface area contributed by atoms with E-state index in [1.165, 1.54) is 25.2 Å². The van der Waals surface area contributed by atoms with Crippen molar-refractivity contribution in [2.24, 2.45) is 12.0 Å². The Bertz CT molecular complexity index is 425. The molecule has 0 amide bonds. The van der Waals surface area contributed by atoms with Gasteiger partial charge >= 0.3 is 0 Å². The molecule has 1 aliphatic heterocycles.